The highest BCUT2D eigenvalue weighted by atomic mass is 16.5. The summed E-state index contributed by atoms with van der Waals surface area (Å²) in [5.74, 6) is 2.21. The predicted molar refractivity (Wildman–Crippen MR) is 80.8 cm³/mol. The summed E-state index contributed by atoms with van der Waals surface area (Å²) in [6.45, 7) is 10.1. The van der Waals surface area contributed by atoms with E-state index in [9.17, 15) is 0 Å². The number of nitrogens with one attached hydrogen (secondary N) is 1. The topological polar surface area (TPSA) is 21.3 Å². The second-order valence-corrected chi connectivity index (χ2v) is 6.22. The fourth-order valence-electron chi connectivity index (χ4n) is 2.18. The van der Waals surface area contributed by atoms with Gasteiger partial charge in [-0.15, -0.1) is 0 Å². The van der Waals surface area contributed by atoms with E-state index in [0.717, 1.165) is 12.3 Å². The first kappa shape index (κ1) is 14.4. The molecule has 0 saturated heterocycles. The molecule has 1 aliphatic carbocycles. The Bertz CT molecular complexity index is 398. The predicted octanol–water partition coefficient (Wildman–Crippen LogP) is 3.97. The van der Waals surface area contributed by atoms with Gasteiger partial charge >= 0.3 is 0 Å². The highest BCUT2D eigenvalue weighted by Crippen LogP contribution is 2.30. The molecule has 1 fully saturated rings. The Hall–Kier alpha value is -1.02. The second kappa shape index (κ2) is 6.42. The maximum Gasteiger partial charge on any atom is 0.119 e. The Balaban J connectivity index is 1.94. The standard InChI is InChI=1S/C17H27NO/c1-12(2)18-11-13(3)14(4)15-6-5-7-17(10-15)19-16-8-9-16/h5-7,10,12-14,16,18H,8-9,11H2,1-4H3. The molecule has 106 valence electrons. The van der Waals surface area contributed by atoms with Crippen LogP contribution in [0.2, 0.25) is 0 Å². The number of ether oxygens (including phenoxy) is 1. The van der Waals surface area contributed by atoms with E-state index in [0.29, 0.717) is 24.0 Å². The van der Waals surface area contributed by atoms with E-state index < -0.39 is 0 Å². The van der Waals surface area contributed by atoms with Crippen LogP contribution in [0.3, 0.4) is 0 Å². The Morgan fingerprint density at radius 2 is 1.95 bits per heavy atom. The highest BCUT2D eigenvalue weighted by molar-refractivity contribution is 5.31. The molecule has 2 rings (SSSR count). The zero-order valence-electron chi connectivity index (χ0n) is 12.6. The maximum atomic E-state index is 5.88. The van der Waals surface area contributed by atoms with Gasteiger partial charge in [-0.05, 0) is 48.9 Å². The Labute approximate surface area is 117 Å². The van der Waals surface area contributed by atoms with Crippen LogP contribution < -0.4 is 10.1 Å². The molecule has 0 aliphatic heterocycles. The molecule has 1 aromatic rings. The van der Waals surface area contributed by atoms with E-state index in [4.69, 9.17) is 4.74 Å². The lowest BCUT2D eigenvalue weighted by molar-refractivity contribution is 0.302. The van der Waals surface area contributed by atoms with E-state index in [1.165, 1.54) is 18.4 Å². The summed E-state index contributed by atoms with van der Waals surface area (Å²) in [6.07, 6.45) is 2.91. The number of benzene rings is 1. The summed E-state index contributed by atoms with van der Waals surface area (Å²) in [4.78, 5) is 0. The van der Waals surface area contributed by atoms with E-state index in [2.05, 4.69) is 57.3 Å². The van der Waals surface area contributed by atoms with Gasteiger partial charge in [0.15, 0.2) is 0 Å². The first-order valence-corrected chi connectivity index (χ1v) is 7.56. The SMILES string of the molecule is CC(C)NCC(C)C(C)c1cccc(OC2CC2)c1. The molecule has 0 bridgehead atoms. The maximum absolute atomic E-state index is 5.88. The quantitative estimate of drug-likeness (QED) is 0.802. The summed E-state index contributed by atoms with van der Waals surface area (Å²) in [6, 6.07) is 9.18. The average Bonchev–Trinajstić information content (AvgIpc) is 3.19. The molecule has 0 spiro atoms. The first-order chi connectivity index (χ1) is 9.06. The Morgan fingerprint density at radius 3 is 2.58 bits per heavy atom. The molecule has 19 heavy (non-hydrogen) atoms. The first-order valence-electron chi connectivity index (χ1n) is 7.56. The van der Waals surface area contributed by atoms with Crippen LogP contribution in [0.5, 0.6) is 5.75 Å². The summed E-state index contributed by atoms with van der Waals surface area (Å²) in [7, 11) is 0. The number of rotatable bonds is 7. The number of hydrogen-bond donors (Lipinski definition) is 1. The highest BCUT2D eigenvalue weighted by Gasteiger charge is 2.24. The smallest absolute Gasteiger partial charge is 0.119 e. The third kappa shape index (κ3) is 4.54. The summed E-state index contributed by atoms with van der Waals surface area (Å²) >= 11 is 0. The minimum Gasteiger partial charge on any atom is -0.490 e. The zero-order chi connectivity index (χ0) is 13.8. The third-order valence-electron chi connectivity index (χ3n) is 3.91. The largest absolute Gasteiger partial charge is 0.490 e. The molecule has 0 amide bonds. The molecule has 0 radical (unpaired) electrons. The van der Waals surface area contributed by atoms with Gasteiger partial charge in [-0.25, -0.2) is 0 Å². The van der Waals surface area contributed by atoms with Crippen molar-refractivity contribution in [3.05, 3.63) is 29.8 Å². The van der Waals surface area contributed by atoms with E-state index in [-0.39, 0.29) is 0 Å². The summed E-state index contributed by atoms with van der Waals surface area (Å²) < 4.78 is 5.88. The van der Waals surface area contributed by atoms with Crippen molar-refractivity contribution in [3.8, 4) is 5.75 Å². The lowest BCUT2D eigenvalue weighted by Gasteiger charge is -2.22. The van der Waals surface area contributed by atoms with Crippen LogP contribution in [0.15, 0.2) is 24.3 Å². The van der Waals surface area contributed by atoms with E-state index in [1.54, 1.807) is 0 Å². The van der Waals surface area contributed by atoms with Gasteiger partial charge in [0.1, 0.15) is 5.75 Å². The van der Waals surface area contributed by atoms with Crippen molar-refractivity contribution < 1.29 is 4.74 Å². The van der Waals surface area contributed by atoms with Crippen LogP contribution in [0, 0.1) is 5.92 Å². The van der Waals surface area contributed by atoms with Gasteiger partial charge in [0.2, 0.25) is 0 Å². The lowest BCUT2D eigenvalue weighted by atomic mass is 9.88. The molecule has 1 N–H and O–H groups in total. The average molecular weight is 261 g/mol. The zero-order valence-corrected chi connectivity index (χ0v) is 12.6. The molecule has 2 atom stereocenters. The lowest BCUT2D eigenvalue weighted by Crippen LogP contribution is -2.29. The molecule has 1 aromatic carbocycles. The molecular formula is C17H27NO. The van der Waals surface area contributed by atoms with E-state index in [1.807, 2.05) is 0 Å². The monoisotopic (exact) mass is 261 g/mol. The van der Waals surface area contributed by atoms with Crippen molar-refractivity contribution in [1.29, 1.82) is 0 Å². The van der Waals surface area contributed by atoms with Crippen molar-refractivity contribution in [2.75, 3.05) is 6.54 Å². The normalized spacial score (nSPS) is 18.4. The summed E-state index contributed by atoms with van der Waals surface area (Å²) in [5, 5.41) is 3.52. The van der Waals surface area contributed by atoms with Gasteiger partial charge in [-0.2, -0.15) is 0 Å². The third-order valence-corrected chi connectivity index (χ3v) is 3.91. The van der Waals surface area contributed by atoms with Crippen molar-refractivity contribution in [3.63, 3.8) is 0 Å². The van der Waals surface area contributed by atoms with Crippen molar-refractivity contribution in [1.82, 2.24) is 5.32 Å². The van der Waals surface area contributed by atoms with E-state index >= 15 is 0 Å². The van der Waals surface area contributed by atoms with Gasteiger partial charge in [-0.1, -0.05) is 39.8 Å². The van der Waals surface area contributed by atoms with Crippen molar-refractivity contribution >= 4 is 0 Å². The fraction of sp³-hybridized carbons (Fsp3) is 0.647. The van der Waals surface area contributed by atoms with Gasteiger partial charge < -0.3 is 10.1 Å². The summed E-state index contributed by atoms with van der Waals surface area (Å²) in [5.41, 5.74) is 1.39. The van der Waals surface area contributed by atoms with Crippen LogP contribution in [0.1, 0.15) is 52.0 Å². The van der Waals surface area contributed by atoms with Crippen LogP contribution in [0.25, 0.3) is 0 Å². The van der Waals surface area contributed by atoms with Gasteiger partial charge in [0.25, 0.3) is 0 Å². The molecule has 1 saturated carbocycles. The van der Waals surface area contributed by atoms with Crippen molar-refractivity contribution in [2.24, 2.45) is 5.92 Å². The van der Waals surface area contributed by atoms with Crippen LogP contribution in [0.4, 0.5) is 0 Å². The number of hydrogen-bond acceptors (Lipinski definition) is 2. The van der Waals surface area contributed by atoms with Crippen LogP contribution in [-0.4, -0.2) is 18.7 Å². The molecular weight excluding hydrogens is 234 g/mol. The Kier molecular flexibility index (Phi) is 4.87. The van der Waals surface area contributed by atoms with Crippen molar-refractivity contribution in [2.45, 2.75) is 58.6 Å². The molecule has 2 nitrogen and oxygen atoms in total. The molecule has 0 heterocycles. The fourth-order valence-corrected chi connectivity index (χ4v) is 2.18. The van der Waals surface area contributed by atoms with Gasteiger partial charge in [0.05, 0.1) is 6.10 Å². The molecule has 2 heteroatoms. The van der Waals surface area contributed by atoms with Crippen LogP contribution >= 0.6 is 0 Å². The minimum absolute atomic E-state index is 0.477. The second-order valence-electron chi connectivity index (χ2n) is 6.22. The van der Waals surface area contributed by atoms with Crippen LogP contribution in [-0.2, 0) is 0 Å². The molecule has 2 unspecified atom stereocenters. The molecule has 1 aliphatic rings. The van der Waals surface area contributed by atoms with Gasteiger partial charge in [0, 0.05) is 6.04 Å². The minimum atomic E-state index is 0.477. The molecule has 0 aromatic heterocycles. The Morgan fingerprint density at radius 1 is 1.21 bits per heavy atom. The van der Waals surface area contributed by atoms with Gasteiger partial charge in [-0.3, -0.25) is 0 Å².